The van der Waals surface area contributed by atoms with Crippen molar-refractivity contribution in [3.63, 3.8) is 0 Å². The fourth-order valence-corrected chi connectivity index (χ4v) is 6.11. The summed E-state index contributed by atoms with van der Waals surface area (Å²) in [5.41, 5.74) is 3.37. The first-order chi connectivity index (χ1) is 14.8. The van der Waals surface area contributed by atoms with E-state index in [2.05, 4.69) is 51.4 Å². The van der Waals surface area contributed by atoms with Crippen LogP contribution in [0.25, 0.3) is 0 Å². The molecule has 2 aliphatic heterocycles. The normalized spacial score (nSPS) is 21.9. The first-order valence-electron chi connectivity index (χ1n) is 10.8. The first kappa shape index (κ1) is 22.0. The summed E-state index contributed by atoms with van der Waals surface area (Å²) in [7, 11) is -3.02. The van der Waals surface area contributed by atoms with E-state index in [4.69, 9.17) is 0 Å². The van der Waals surface area contributed by atoms with Gasteiger partial charge in [-0.15, -0.1) is 0 Å². The molecule has 0 radical (unpaired) electrons. The van der Waals surface area contributed by atoms with Gasteiger partial charge in [-0.05, 0) is 25.8 Å². The topological polar surface area (TPSA) is 87.5 Å². The minimum absolute atomic E-state index is 0.0832. The van der Waals surface area contributed by atoms with Gasteiger partial charge in [0.05, 0.1) is 29.8 Å². The van der Waals surface area contributed by atoms with Crippen molar-refractivity contribution in [2.75, 3.05) is 49.5 Å². The molecule has 1 aromatic heterocycles. The number of sulfone groups is 1. The summed E-state index contributed by atoms with van der Waals surface area (Å²) in [5, 5.41) is 7.38. The molecule has 0 saturated carbocycles. The van der Waals surface area contributed by atoms with Crippen molar-refractivity contribution in [2.45, 2.75) is 32.9 Å². The second-order valence-corrected chi connectivity index (χ2v) is 11.0. The zero-order chi connectivity index (χ0) is 22.0. The maximum absolute atomic E-state index is 12.7. The Morgan fingerprint density at radius 1 is 1.13 bits per heavy atom. The van der Waals surface area contributed by atoms with Gasteiger partial charge >= 0.3 is 0 Å². The molecule has 2 fully saturated rings. The third-order valence-corrected chi connectivity index (χ3v) is 7.75. The molecule has 1 aromatic carbocycles. The molecule has 9 heteroatoms. The number of anilines is 1. The number of nitrogens with zero attached hydrogens (tertiary/aromatic N) is 4. The Bertz CT molecular complexity index is 1040. The smallest absolute Gasteiger partial charge is 0.239 e. The molecule has 0 aliphatic carbocycles. The van der Waals surface area contributed by atoms with Gasteiger partial charge in [0.15, 0.2) is 9.84 Å². The van der Waals surface area contributed by atoms with E-state index in [0.29, 0.717) is 18.8 Å². The van der Waals surface area contributed by atoms with Gasteiger partial charge in [0, 0.05) is 38.8 Å². The molecule has 168 valence electrons. The van der Waals surface area contributed by atoms with Crippen LogP contribution < -0.4 is 5.32 Å². The molecule has 4 rings (SSSR count). The average molecular weight is 446 g/mol. The molecule has 2 aliphatic rings. The Balaban J connectivity index is 1.28. The largest absolute Gasteiger partial charge is 0.310 e. The number of aromatic nitrogens is 2. The number of hydrogen-bond donors (Lipinski definition) is 1. The molecule has 3 heterocycles. The highest BCUT2D eigenvalue weighted by Gasteiger charge is 2.31. The van der Waals surface area contributed by atoms with E-state index in [1.165, 1.54) is 11.1 Å². The van der Waals surface area contributed by atoms with Gasteiger partial charge in [-0.1, -0.05) is 29.8 Å². The molecule has 2 aromatic rings. The molecular formula is C22H31N5O3S. The summed E-state index contributed by atoms with van der Waals surface area (Å²) < 4.78 is 25.4. The van der Waals surface area contributed by atoms with E-state index in [9.17, 15) is 13.2 Å². The van der Waals surface area contributed by atoms with Crippen molar-refractivity contribution < 1.29 is 13.2 Å². The quantitative estimate of drug-likeness (QED) is 0.727. The van der Waals surface area contributed by atoms with Crippen LogP contribution in [-0.4, -0.2) is 78.1 Å². The number of nitrogens with one attached hydrogen (secondary N) is 1. The molecule has 2 saturated heterocycles. The molecule has 0 spiro atoms. The summed E-state index contributed by atoms with van der Waals surface area (Å²) in [6.45, 7) is 8.77. The van der Waals surface area contributed by atoms with Crippen molar-refractivity contribution in [2.24, 2.45) is 0 Å². The Morgan fingerprint density at radius 2 is 1.87 bits per heavy atom. The van der Waals surface area contributed by atoms with E-state index < -0.39 is 9.84 Å². The van der Waals surface area contributed by atoms with Crippen LogP contribution in [-0.2, 0) is 21.2 Å². The lowest BCUT2D eigenvalue weighted by molar-refractivity contribution is -0.117. The minimum Gasteiger partial charge on any atom is -0.310 e. The monoisotopic (exact) mass is 445 g/mol. The fourth-order valence-electron chi connectivity index (χ4n) is 4.42. The predicted molar refractivity (Wildman–Crippen MR) is 121 cm³/mol. The van der Waals surface area contributed by atoms with Crippen LogP contribution in [0.1, 0.15) is 29.3 Å². The third kappa shape index (κ3) is 5.72. The molecule has 1 unspecified atom stereocenters. The van der Waals surface area contributed by atoms with Crippen LogP contribution in [0.4, 0.5) is 5.82 Å². The van der Waals surface area contributed by atoms with E-state index in [1.807, 2.05) is 13.0 Å². The van der Waals surface area contributed by atoms with Crippen LogP contribution in [0.15, 0.2) is 30.3 Å². The van der Waals surface area contributed by atoms with Gasteiger partial charge in [-0.3, -0.25) is 14.6 Å². The highest BCUT2D eigenvalue weighted by Crippen LogP contribution is 2.27. The fraction of sp³-hybridized carbons (Fsp3) is 0.545. The van der Waals surface area contributed by atoms with Gasteiger partial charge in [0.1, 0.15) is 5.82 Å². The van der Waals surface area contributed by atoms with Crippen molar-refractivity contribution in [1.29, 1.82) is 0 Å². The first-order valence-corrected chi connectivity index (χ1v) is 12.7. The number of piperazine rings is 1. The summed E-state index contributed by atoms with van der Waals surface area (Å²) in [5.74, 6) is 0.758. The highest BCUT2D eigenvalue weighted by molar-refractivity contribution is 7.91. The Hall–Kier alpha value is -2.23. The van der Waals surface area contributed by atoms with E-state index >= 15 is 0 Å². The van der Waals surface area contributed by atoms with Gasteiger partial charge in [-0.2, -0.15) is 5.10 Å². The third-order valence-electron chi connectivity index (χ3n) is 6.00. The predicted octanol–water partition coefficient (Wildman–Crippen LogP) is 1.62. The molecule has 1 N–H and O–H groups in total. The zero-order valence-electron chi connectivity index (χ0n) is 18.2. The number of carbonyl (C=O) groups is 1. The number of aryl methyl sites for hydroxylation is 2. The number of carbonyl (C=O) groups excluding carboxylic acids is 1. The second kappa shape index (κ2) is 9.10. The molecule has 1 amide bonds. The number of hydrogen-bond acceptors (Lipinski definition) is 6. The summed E-state index contributed by atoms with van der Waals surface area (Å²) in [6, 6.07) is 10.2. The number of rotatable bonds is 6. The SMILES string of the molecule is Cc1cccc(CN2CCN(CC(=O)Nc3cc(C)nn3C3CCS(=O)(=O)C3)CC2)c1. The van der Waals surface area contributed by atoms with E-state index in [0.717, 1.165) is 38.4 Å². The van der Waals surface area contributed by atoms with Crippen LogP contribution in [0.5, 0.6) is 0 Å². The van der Waals surface area contributed by atoms with Crippen LogP contribution >= 0.6 is 0 Å². The van der Waals surface area contributed by atoms with Crippen LogP contribution in [0.3, 0.4) is 0 Å². The summed E-state index contributed by atoms with van der Waals surface area (Å²) in [4.78, 5) is 17.2. The van der Waals surface area contributed by atoms with Gasteiger partial charge in [0.2, 0.25) is 5.91 Å². The van der Waals surface area contributed by atoms with Crippen LogP contribution in [0.2, 0.25) is 0 Å². The van der Waals surface area contributed by atoms with Crippen molar-refractivity contribution >= 4 is 21.6 Å². The van der Waals surface area contributed by atoms with Crippen molar-refractivity contribution in [1.82, 2.24) is 19.6 Å². The van der Waals surface area contributed by atoms with Crippen molar-refractivity contribution in [3.05, 3.63) is 47.2 Å². The Kier molecular flexibility index (Phi) is 6.45. The lowest BCUT2D eigenvalue weighted by Crippen LogP contribution is -2.48. The standard InChI is InChI=1S/C22H31N5O3S/c1-17-4-3-5-19(12-17)14-25-7-9-26(10-8-25)15-22(28)23-21-13-18(2)24-27(21)20-6-11-31(29,30)16-20/h3-5,12-13,20H,6-11,14-16H2,1-2H3,(H,23,28). The molecule has 31 heavy (non-hydrogen) atoms. The Labute approximate surface area is 184 Å². The molecular weight excluding hydrogens is 414 g/mol. The number of amides is 1. The van der Waals surface area contributed by atoms with E-state index in [-0.39, 0.29) is 23.5 Å². The molecule has 0 bridgehead atoms. The summed E-state index contributed by atoms with van der Waals surface area (Å²) in [6.07, 6.45) is 0.537. The maximum Gasteiger partial charge on any atom is 0.239 e. The molecule has 8 nitrogen and oxygen atoms in total. The van der Waals surface area contributed by atoms with Gasteiger partial charge in [0.25, 0.3) is 0 Å². The Morgan fingerprint density at radius 3 is 2.55 bits per heavy atom. The van der Waals surface area contributed by atoms with Gasteiger partial charge < -0.3 is 5.32 Å². The van der Waals surface area contributed by atoms with Crippen LogP contribution in [0, 0.1) is 13.8 Å². The minimum atomic E-state index is -3.02. The number of benzene rings is 1. The van der Waals surface area contributed by atoms with E-state index in [1.54, 1.807) is 4.68 Å². The average Bonchev–Trinajstić information content (AvgIpc) is 3.24. The second-order valence-electron chi connectivity index (χ2n) is 8.76. The summed E-state index contributed by atoms with van der Waals surface area (Å²) >= 11 is 0. The molecule has 1 atom stereocenters. The lowest BCUT2D eigenvalue weighted by atomic mass is 10.1. The van der Waals surface area contributed by atoms with Gasteiger partial charge in [-0.25, -0.2) is 13.1 Å². The highest BCUT2D eigenvalue weighted by atomic mass is 32.2. The maximum atomic E-state index is 12.7. The zero-order valence-corrected chi connectivity index (χ0v) is 19.1. The lowest BCUT2D eigenvalue weighted by Gasteiger charge is -2.34. The van der Waals surface area contributed by atoms with Crippen molar-refractivity contribution in [3.8, 4) is 0 Å².